The number of amides is 2. The number of halogens is 1. The van der Waals surface area contributed by atoms with Gasteiger partial charge >= 0.3 is 0 Å². The fourth-order valence-corrected chi connectivity index (χ4v) is 6.86. The quantitative estimate of drug-likeness (QED) is 0.316. The molecule has 1 atom stereocenters. The van der Waals surface area contributed by atoms with Crippen molar-refractivity contribution in [3.63, 3.8) is 0 Å². The molecule has 0 spiro atoms. The number of piperazine rings is 1. The second-order valence-electron chi connectivity index (χ2n) is 10.5. The van der Waals surface area contributed by atoms with Crippen molar-refractivity contribution in [1.82, 2.24) is 4.90 Å². The number of benzene rings is 4. The van der Waals surface area contributed by atoms with E-state index in [1.165, 1.54) is 28.9 Å². The first-order valence-corrected chi connectivity index (χ1v) is 14.8. The van der Waals surface area contributed by atoms with Crippen molar-refractivity contribution in [2.75, 3.05) is 36.0 Å². The first-order chi connectivity index (χ1) is 19.8. The third-order valence-corrected chi connectivity index (χ3v) is 9.29. The van der Waals surface area contributed by atoms with E-state index in [1.807, 2.05) is 4.90 Å². The number of carbonyl (C=O) groups excluding carboxylic acids is 2. The summed E-state index contributed by atoms with van der Waals surface area (Å²) in [5.41, 5.74) is 5.53. The molecule has 0 N–H and O–H groups in total. The first-order valence-electron chi connectivity index (χ1n) is 13.6. The fourth-order valence-electron chi connectivity index (χ4n) is 5.52. The molecule has 6 rings (SSSR count). The highest BCUT2D eigenvalue weighted by Crippen LogP contribution is 2.36. The summed E-state index contributed by atoms with van der Waals surface area (Å²) in [5, 5.41) is 0. The van der Waals surface area contributed by atoms with Crippen LogP contribution in [0.2, 0.25) is 0 Å². The summed E-state index contributed by atoms with van der Waals surface area (Å²) in [7, 11) is -1.62. The average molecular weight is 568 g/mol. The van der Waals surface area contributed by atoms with Crippen LogP contribution in [0.25, 0.3) is 0 Å². The Morgan fingerprint density at radius 3 is 2.32 bits per heavy atom. The molecule has 0 saturated carbocycles. The zero-order valence-corrected chi connectivity index (χ0v) is 23.8. The Morgan fingerprint density at radius 1 is 0.829 bits per heavy atom. The lowest BCUT2D eigenvalue weighted by molar-refractivity contribution is 0.0746. The molecule has 0 aromatic heterocycles. The number of hydrogen-bond acceptors (Lipinski definition) is 4. The lowest BCUT2D eigenvalue weighted by atomic mass is 10.1. The molecular weight excluding hydrogens is 537 g/mol. The van der Waals surface area contributed by atoms with E-state index in [0.717, 1.165) is 18.7 Å². The van der Waals surface area contributed by atoms with E-state index in [1.54, 1.807) is 59.5 Å². The number of hydrogen-bond donors (Lipinski definition) is 0. The molecule has 8 heteroatoms. The standard InChI is InChI=1S/C33H30FN3O3S/c1-22-7-8-23(2)28(19-22)35-15-17-36(18-16-35)32(38)25-11-14-31-29(20-25)37(21-24-9-12-26(34)13-10-24)33(39)27-5-3-4-6-30(27)41(31)40/h3-14,19-20H,15-18,21H2,1-2H3. The van der Waals surface area contributed by atoms with Gasteiger partial charge in [0.05, 0.1) is 38.4 Å². The SMILES string of the molecule is Cc1ccc(C)c(N2CCN(C(=O)c3ccc4c(c3)N(Cc3ccc(F)cc3)C(=O)c3ccccc3S4=O)CC2)c1. The van der Waals surface area contributed by atoms with Crippen LogP contribution in [0.5, 0.6) is 0 Å². The van der Waals surface area contributed by atoms with Crippen LogP contribution in [0.15, 0.2) is 94.7 Å². The third kappa shape index (κ3) is 5.15. The van der Waals surface area contributed by atoms with Crippen LogP contribution in [0.3, 0.4) is 0 Å². The molecule has 41 heavy (non-hydrogen) atoms. The predicted molar refractivity (Wildman–Crippen MR) is 159 cm³/mol. The minimum absolute atomic E-state index is 0.130. The van der Waals surface area contributed by atoms with Gasteiger partial charge in [-0.05, 0) is 79.1 Å². The Hall–Kier alpha value is -4.30. The minimum atomic E-state index is -1.62. The number of nitrogens with zero attached hydrogens (tertiary/aromatic N) is 3. The van der Waals surface area contributed by atoms with Gasteiger partial charge in [0.2, 0.25) is 0 Å². The lowest BCUT2D eigenvalue weighted by Crippen LogP contribution is -2.49. The van der Waals surface area contributed by atoms with E-state index in [4.69, 9.17) is 0 Å². The van der Waals surface area contributed by atoms with Gasteiger partial charge in [-0.25, -0.2) is 8.60 Å². The van der Waals surface area contributed by atoms with E-state index >= 15 is 0 Å². The maximum absolute atomic E-state index is 13.8. The number of anilines is 2. The van der Waals surface area contributed by atoms with E-state index in [2.05, 4.69) is 36.9 Å². The van der Waals surface area contributed by atoms with Crippen LogP contribution in [-0.2, 0) is 17.3 Å². The second kappa shape index (κ2) is 10.9. The van der Waals surface area contributed by atoms with Crippen molar-refractivity contribution in [1.29, 1.82) is 0 Å². The molecule has 4 aromatic carbocycles. The maximum atomic E-state index is 13.8. The van der Waals surface area contributed by atoms with Crippen LogP contribution < -0.4 is 9.80 Å². The molecule has 1 saturated heterocycles. The van der Waals surface area contributed by atoms with Crippen molar-refractivity contribution < 1.29 is 18.2 Å². The molecule has 2 heterocycles. The zero-order valence-electron chi connectivity index (χ0n) is 23.0. The van der Waals surface area contributed by atoms with E-state index in [-0.39, 0.29) is 24.2 Å². The molecule has 208 valence electrons. The normalized spacial score (nSPS) is 16.7. The summed E-state index contributed by atoms with van der Waals surface area (Å²) < 4.78 is 27.3. The Labute approximate surface area is 241 Å². The summed E-state index contributed by atoms with van der Waals surface area (Å²) in [4.78, 5) is 34.1. The highest BCUT2D eigenvalue weighted by atomic mass is 32.2. The van der Waals surface area contributed by atoms with Gasteiger partial charge in [0, 0.05) is 37.4 Å². The fraction of sp³-hybridized carbons (Fsp3) is 0.212. The molecule has 1 unspecified atom stereocenters. The van der Waals surface area contributed by atoms with Crippen molar-refractivity contribution >= 4 is 34.0 Å². The largest absolute Gasteiger partial charge is 0.368 e. The summed E-state index contributed by atoms with van der Waals surface area (Å²) in [6.07, 6.45) is 0. The van der Waals surface area contributed by atoms with Crippen LogP contribution in [0, 0.1) is 19.7 Å². The minimum Gasteiger partial charge on any atom is -0.368 e. The number of carbonyl (C=O) groups is 2. The molecular formula is C33H30FN3O3S. The Kier molecular flexibility index (Phi) is 7.17. The van der Waals surface area contributed by atoms with Gasteiger partial charge in [-0.1, -0.05) is 36.4 Å². The van der Waals surface area contributed by atoms with Crippen LogP contribution in [0.4, 0.5) is 15.8 Å². The monoisotopic (exact) mass is 567 g/mol. The van der Waals surface area contributed by atoms with Crippen LogP contribution >= 0.6 is 0 Å². The summed E-state index contributed by atoms with van der Waals surface area (Å²) in [6.45, 7) is 6.90. The van der Waals surface area contributed by atoms with Crippen molar-refractivity contribution in [2.45, 2.75) is 30.2 Å². The smallest absolute Gasteiger partial charge is 0.259 e. The molecule has 0 bridgehead atoms. The second-order valence-corrected chi connectivity index (χ2v) is 12.0. The van der Waals surface area contributed by atoms with Crippen molar-refractivity contribution in [3.05, 3.63) is 119 Å². The van der Waals surface area contributed by atoms with E-state index in [0.29, 0.717) is 39.7 Å². The summed E-state index contributed by atoms with van der Waals surface area (Å²) in [5.74, 6) is -0.813. The highest BCUT2D eigenvalue weighted by molar-refractivity contribution is 7.85. The molecule has 1 fully saturated rings. The summed E-state index contributed by atoms with van der Waals surface area (Å²) >= 11 is 0. The molecule has 2 aliphatic heterocycles. The third-order valence-electron chi connectivity index (χ3n) is 7.78. The van der Waals surface area contributed by atoms with E-state index < -0.39 is 10.8 Å². The van der Waals surface area contributed by atoms with E-state index in [9.17, 15) is 18.2 Å². The predicted octanol–water partition coefficient (Wildman–Crippen LogP) is 5.73. The zero-order chi connectivity index (χ0) is 28.7. The van der Waals surface area contributed by atoms with Gasteiger partial charge in [0.1, 0.15) is 5.82 Å². The van der Waals surface area contributed by atoms with Crippen LogP contribution in [0.1, 0.15) is 37.4 Å². The van der Waals surface area contributed by atoms with Gasteiger partial charge in [0.25, 0.3) is 11.8 Å². The Bertz CT molecular complexity index is 1680. The number of aryl methyl sites for hydroxylation is 2. The number of rotatable bonds is 4. The van der Waals surface area contributed by atoms with Gasteiger partial charge in [-0.3, -0.25) is 9.59 Å². The van der Waals surface area contributed by atoms with Crippen molar-refractivity contribution in [2.24, 2.45) is 0 Å². The molecule has 2 amide bonds. The maximum Gasteiger partial charge on any atom is 0.259 e. The molecule has 6 nitrogen and oxygen atoms in total. The lowest BCUT2D eigenvalue weighted by Gasteiger charge is -2.37. The highest BCUT2D eigenvalue weighted by Gasteiger charge is 2.32. The van der Waals surface area contributed by atoms with Crippen LogP contribution in [-0.4, -0.2) is 47.1 Å². The average Bonchev–Trinajstić information content (AvgIpc) is 3.08. The van der Waals surface area contributed by atoms with Crippen molar-refractivity contribution in [3.8, 4) is 0 Å². The van der Waals surface area contributed by atoms with Gasteiger partial charge in [-0.15, -0.1) is 0 Å². The Morgan fingerprint density at radius 2 is 1.56 bits per heavy atom. The summed E-state index contributed by atoms with van der Waals surface area (Å²) in [6, 6.07) is 24.3. The molecule has 0 radical (unpaired) electrons. The molecule has 4 aromatic rings. The van der Waals surface area contributed by atoms with Gasteiger partial charge in [-0.2, -0.15) is 0 Å². The number of fused-ring (bicyclic) bond motifs is 2. The van der Waals surface area contributed by atoms with Gasteiger partial charge < -0.3 is 14.7 Å². The van der Waals surface area contributed by atoms with Gasteiger partial charge in [0.15, 0.2) is 0 Å². The Balaban J connectivity index is 1.31. The molecule has 2 aliphatic rings. The molecule has 0 aliphatic carbocycles. The topological polar surface area (TPSA) is 60.9 Å². The first kappa shape index (κ1) is 26.9.